The normalized spacial score (nSPS) is 13.4. The summed E-state index contributed by atoms with van der Waals surface area (Å²) in [5.41, 5.74) is 3.21. The third-order valence-electron chi connectivity index (χ3n) is 4.35. The molecule has 1 aliphatic rings. The van der Waals surface area contributed by atoms with E-state index in [9.17, 15) is 0 Å². The lowest BCUT2D eigenvalue weighted by molar-refractivity contribution is 0.0657. The van der Waals surface area contributed by atoms with Crippen LogP contribution in [-0.4, -0.2) is 31.8 Å². The molecule has 0 atom stereocenters. The van der Waals surface area contributed by atoms with Crippen LogP contribution in [0.4, 0.5) is 5.69 Å². The molecule has 6 nitrogen and oxygen atoms in total. The molecule has 0 radical (unpaired) electrons. The Bertz CT molecular complexity index is 827. The van der Waals surface area contributed by atoms with E-state index < -0.39 is 0 Å². The Labute approximate surface area is 196 Å². The summed E-state index contributed by atoms with van der Waals surface area (Å²) in [5.74, 6) is 2.28. The van der Waals surface area contributed by atoms with E-state index in [-0.39, 0.29) is 30.1 Å². The number of fused-ring (bicyclic) bond motifs is 1. The van der Waals surface area contributed by atoms with Gasteiger partial charge in [0.25, 0.3) is 0 Å². The third kappa shape index (κ3) is 7.68. The molecule has 30 heavy (non-hydrogen) atoms. The number of anilines is 1. The fourth-order valence-corrected chi connectivity index (χ4v) is 2.94. The van der Waals surface area contributed by atoms with Gasteiger partial charge in [0.1, 0.15) is 0 Å². The van der Waals surface area contributed by atoms with Gasteiger partial charge in [-0.2, -0.15) is 0 Å². The van der Waals surface area contributed by atoms with E-state index in [1.54, 1.807) is 0 Å². The third-order valence-corrected chi connectivity index (χ3v) is 4.35. The molecule has 0 fully saturated rings. The predicted octanol–water partition coefficient (Wildman–Crippen LogP) is 4.97. The summed E-state index contributed by atoms with van der Waals surface area (Å²) in [7, 11) is 0. The SMILES string of the molecule is CCNC(=NCc1cccc(COC(C)C)c1)Nc1ccc2c(c1)OCCCO2.I. The van der Waals surface area contributed by atoms with E-state index in [1.165, 1.54) is 0 Å². The summed E-state index contributed by atoms with van der Waals surface area (Å²) in [5, 5.41) is 6.64. The molecule has 2 N–H and O–H groups in total. The van der Waals surface area contributed by atoms with Crippen LogP contribution in [0.5, 0.6) is 11.5 Å². The average molecular weight is 525 g/mol. The van der Waals surface area contributed by atoms with Crippen LogP contribution in [0.3, 0.4) is 0 Å². The van der Waals surface area contributed by atoms with Crippen LogP contribution in [0.2, 0.25) is 0 Å². The number of guanidine groups is 1. The number of nitrogens with zero attached hydrogens (tertiary/aromatic N) is 1. The molecule has 0 unspecified atom stereocenters. The number of nitrogens with one attached hydrogen (secondary N) is 2. The van der Waals surface area contributed by atoms with Gasteiger partial charge in [-0.25, -0.2) is 4.99 Å². The second-order valence-corrected chi connectivity index (χ2v) is 7.21. The molecule has 0 saturated carbocycles. The van der Waals surface area contributed by atoms with E-state index in [0.717, 1.165) is 47.2 Å². The summed E-state index contributed by atoms with van der Waals surface area (Å²) in [6.45, 7) is 9.46. The van der Waals surface area contributed by atoms with Crippen LogP contribution in [-0.2, 0) is 17.9 Å². The zero-order valence-electron chi connectivity index (χ0n) is 17.9. The van der Waals surface area contributed by atoms with Gasteiger partial charge in [-0.3, -0.25) is 0 Å². The summed E-state index contributed by atoms with van der Waals surface area (Å²) in [6, 6.07) is 14.2. The van der Waals surface area contributed by atoms with Crippen LogP contribution in [0.25, 0.3) is 0 Å². The molecular formula is C23H32IN3O3. The molecule has 0 aliphatic carbocycles. The summed E-state index contributed by atoms with van der Waals surface area (Å²) < 4.78 is 17.2. The van der Waals surface area contributed by atoms with Crippen molar-refractivity contribution in [2.24, 2.45) is 4.99 Å². The number of benzene rings is 2. The molecular weight excluding hydrogens is 493 g/mol. The Morgan fingerprint density at radius 2 is 1.83 bits per heavy atom. The average Bonchev–Trinajstić information content (AvgIpc) is 2.96. The lowest BCUT2D eigenvalue weighted by Crippen LogP contribution is -2.30. The number of ether oxygens (including phenoxy) is 3. The minimum atomic E-state index is 0. The monoisotopic (exact) mass is 525 g/mol. The summed E-state index contributed by atoms with van der Waals surface area (Å²) in [4.78, 5) is 4.73. The summed E-state index contributed by atoms with van der Waals surface area (Å²) in [6.07, 6.45) is 1.11. The highest BCUT2D eigenvalue weighted by molar-refractivity contribution is 14.0. The van der Waals surface area contributed by atoms with Gasteiger partial charge in [0.05, 0.1) is 32.5 Å². The van der Waals surface area contributed by atoms with Crippen molar-refractivity contribution in [1.82, 2.24) is 5.32 Å². The maximum absolute atomic E-state index is 5.78. The van der Waals surface area contributed by atoms with Crippen LogP contribution >= 0.6 is 24.0 Å². The number of halogens is 1. The Hall–Kier alpha value is -2.00. The largest absolute Gasteiger partial charge is 0.490 e. The molecule has 2 aromatic carbocycles. The molecule has 0 amide bonds. The first-order valence-corrected chi connectivity index (χ1v) is 10.3. The van der Waals surface area contributed by atoms with Crippen LogP contribution in [0.15, 0.2) is 47.5 Å². The van der Waals surface area contributed by atoms with Gasteiger partial charge in [0.2, 0.25) is 0 Å². The first-order valence-electron chi connectivity index (χ1n) is 10.3. The van der Waals surface area contributed by atoms with Gasteiger partial charge in [-0.15, -0.1) is 24.0 Å². The standard InChI is InChI=1S/C23H31N3O3.HI/c1-4-24-23(25-15-18-7-5-8-19(13-18)16-29-17(2)3)26-20-9-10-21-22(14-20)28-12-6-11-27-21;/h5,7-10,13-14,17H,4,6,11-12,15-16H2,1-3H3,(H2,24,25,26);1H. The maximum atomic E-state index is 5.78. The minimum absolute atomic E-state index is 0. The lowest BCUT2D eigenvalue weighted by Gasteiger charge is -2.14. The van der Waals surface area contributed by atoms with Crippen molar-refractivity contribution in [3.63, 3.8) is 0 Å². The Morgan fingerprint density at radius 1 is 1.07 bits per heavy atom. The van der Waals surface area contributed by atoms with Gasteiger partial charge in [0, 0.05) is 24.7 Å². The van der Waals surface area contributed by atoms with Crippen LogP contribution in [0, 0.1) is 0 Å². The second-order valence-electron chi connectivity index (χ2n) is 7.21. The smallest absolute Gasteiger partial charge is 0.196 e. The molecule has 1 aliphatic heterocycles. The molecule has 3 rings (SSSR count). The van der Waals surface area contributed by atoms with E-state index in [0.29, 0.717) is 26.4 Å². The topological polar surface area (TPSA) is 64.1 Å². The highest BCUT2D eigenvalue weighted by Crippen LogP contribution is 2.32. The molecule has 164 valence electrons. The van der Waals surface area contributed by atoms with E-state index in [1.807, 2.05) is 38.1 Å². The van der Waals surface area contributed by atoms with Gasteiger partial charge < -0.3 is 24.8 Å². The minimum Gasteiger partial charge on any atom is -0.490 e. The molecule has 7 heteroatoms. The number of aliphatic imine (C=N–C) groups is 1. The molecule has 0 saturated heterocycles. The van der Waals surface area contributed by atoms with Crippen molar-refractivity contribution in [3.05, 3.63) is 53.6 Å². The molecule has 0 bridgehead atoms. The maximum Gasteiger partial charge on any atom is 0.196 e. The van der Waals surface area contributed by atoms with Crippen LogP contribution in [0.1, 0.15) is 38.3 Å². The Morgan fingerprint density at radius 3 is 2.60 bits per heavy atom. The van der Waals surface area contributed by atoms with Crippen molar-refractivity contribution in [1.29, 1.82) is 0 Å². The van der Waals surface area contributed by atoms with Crippen molar-refractivity contribution in [2.45, 2.75) is 46.4 Å². The highest BCUT2D eigenvalue weighted by Gasteiger charge is 2.11. The van der Waals surface area contributed by atoms with E-state index in [4.69, 9.17) is 19.2 Å². The van der Waals surface area contributed by atoms with Crippen molar-refractivity contribution >= 4 is 35.6 Å². The zero-order valence-corrected chi connectivity index (χ0v) is 20.3. The Balaban J connectivity index is 0.00000320. The van der Waals surface area contributed by atoms with Crippen molar-refractivity contribution < 1.29 is 14.2 Å². The summed E-state index contributed by atoms with van der Waals surface area (Å²) >= 11 is 0. The highest BCUT2D eigenvalue weighted by atomic mass is 127. The molecule has 2 aromatic rings. The number of hydrogen-bond acceptors (Lipinski definition) is 4. The van der Waals surface area contributed by atoms with Crippen molar-refractivity contribution in [3.8, 4) is 11.5 Å². The van der Waals surface area contributed by atoms with Gasteiger partial charge in [-0.05, 0) is 44.0 Å². The quantitative estimate of drug-likeness (QED) is 0.304. The first-order chi connectivity index (χ1) is 14.1. The second kappa shape index (κ2) is 12.6. The van der Waals surface area contributed by atoms with Gasteiger partial charge >= 0.3 is 0 Å². The van der Waals surface area contributed by atoms with Crippen LogP contribution < -0.4 is 20.1 Å². The molecule has 1 heterocycles. The first kappa shape index (κ1) is 24.3. The van der Waals surface area contributed by atoms with Crippen molar-refractivity contribution in [2.75, 3.05) is 25.1 Å². The number of hydrogen-bond donors (Lipinski definition) is 2. The van der Waals surface area contributed by atoms with Gasteiger partial charge in [-0.1, -0.05) is 24.3 Å². The van der Waals surface area contributed by atoms with E-state index in [2.05, 4.69) is 35.8 Å². The molecule has 0 spiro atoms. The van der Waals surface area contributed by atoms with E-state index >= 15 is 0 Å². The molecule has 0 aromatic heterocycles. The lowest BCUT2D eigenvalue weighted by atomic mass is 10.1. The predicted molar refractivity (Wildman–Crippen MR) is 132 cm³/mol. The fourth-order valence-electron chi connectivity index (χ4n) is 2.94. The Kier molecular flexibility index (Phi) is 10.2. The zero-order chi connectivity index (χ0) is 20.5. The fraction of sp³-hybridized carbons (Fsp3) is 0.435. The number of rotatable bonds is 7. The van der Waals surface area contributed by atoms with Gasteiger partial charge in [0.15, 0.2) is 17.5 Å².